The van der Waals surface area contributed by atoms with Crippen LogP contribution in [0.2, 0.25) is 0 Å². The van der Waals surface area contributed by atoms with Crippen molar-refractivity contribution in [1.29, 1.82) is 0 Å². The van der Waals surface area contributed by atoms with Gasteiger partial charge in [0.25, 0.3) is 5.56 Å². The van der Waals surface area contributed by atoms with Crippen molar-refractivity contribution in [1.82, 2.24) is 9.13 Å². The van der Waals surface area contributed by atoms with Crippen molar-refractivity contribution in [2.24, 2.45) is 7.05 Å². The van der Waals surface area contributed by atoms with E-state index in [-0.39, 0.29) is 11.3 Å². The van der Waals surface area contributed by atoms with Crippen molar-refractivity contribution in [3.8, 4) is 0 Å². The summed E-state index contributed by atoms with van der Waals surface area (Å²) in [5.41, 5.74) is 0.137. The summed E-state index contributed by atoms with van der Waals surface area (Å²) < 4.78 is 2.31. The van der Waals surface area contributed by atoms with Gasteiger partial charge in [0.1, 0.15) is 0 Å². The maximum Gasteiger partial charge on any atom is 0.331 e. The predicted molar refractivity (Wildman–Crippen MR) is 65.4 cm³/mol. The summed E-state index contributed by atoms with van der Waals surface area (Å²) in [7, 11) is 1.37. The largest absolute Gasteiger partial charge is 0.331 e. The van der Waals surface area contributed by atoms with Crippen LogP contribution in [0, 0.1) is 0 Å². The Morgan fingerprint density at radius 2 is 1.88 bits per heavy atom. The maximum absolute atomic E-state index is 11.8. The van der Waals surface area contributed by atoms with Gasteiger partial charge in [0.05, 0.1) is 5.56 Å². The zero-order valence-electron chi connectivity index (χ0n) is 10.5. The van der Waals surface area contributed by atoms with Crippen molar-refractivity contribution in [2.75, 3.05) is 0 Å². The van der Waals surface area contributed by atoms with E-state index in [1.165, 1.54) is 24.7 Å². The Kier molecular flexibility index (Phi) is 3.83. The lowest BCUT2D eigenvalue weighted by Gasteiger charge is -2.07. The van der Waals surface area contributed by atoms with Crippen LogP contribution in [-0.4, -0.2) is 14.9 Å². The van der Waals surface area contributed by atoms with Crippen molar-refractivity contribution >= 4 is 5.78 Å². The number of carbonyl (C=O) groups excluding carboxylic acids is 1. The third-order valence-corrected chi connectivity index (χ3v) is 2.43. The first-order valence-electron chi connectivity index (χ1n) is 5.29. The third-order valence-electron chi connectivity index (χ3n) is 2.43. The molecule has 0 radical (unpaired) electrons. The molecule has 0 unspecified atom stereocenters. The van der Waals surface area contributed by atoms with Crippen LogP contribution in [0.4, 0.5) is 0 Å². The molecule has 0 aliphatic heterocycles. The Hall–Kier alpha value is -1.91. The van der Waals surface area contributed by atoms with Gasteiger partial charge in [-0.25, -0.2) is 4.79 Å². The number of hydrogen-bond acceptors (Lipinski definition) is 3. The molecule has 0 aliphatic carbocycles. The van der Waals surface area contributed by atoms with E-state index in [0.29, 0.717) is 6.54 Å². The average Bonchev–Trinajstić information content (AvgIpc) is 2.24. The van der Waals surface area contributed by atoms with Crippen molar-refractivity contribution in [2.45, 2.75) is 27.3 Å². The van der Waals surface area contributed by atoms with Gasteiger partial charge in [-0.15, -0.1) is 0 Å². The Morgan fingerprint density at radius 3 is 2.35 bits per heavy atom. The molecule has 0 atom stereocenters. The molecule has 0 bridgehead atoms. The zero-order valence-corrected chi connectivity index (χ0v) is 10.5. The van der Waals surface area contributed by atoms with Crippen molar-refractivity contribution < 1.29 is 4.79 Å². The van der Waals surface area contributed by atoms with E-state index < -0.39 is 11.2 Å². The Morgan fingerprint density at radius 1 is 1.29 bits per heavy atom. The Bertz CT molecular complexity index is 587. The van der Waals surface area contributed by atoms with Gasteiger partial charge in [0.15, 0.2) is 5.78 Å². The van der Waals surface area contributed by atoms with Gasteiger partial charge in [0.2, 0.25) is 0 Å². The summed E-state index contributed by atoms with van der Waals surface area (Å²) in [4.78, 5) is 34.7. The zero-order chi connectivity index (χ0) is 13.2. The lowest BCUT2D eigenvalue weighted by molar-refractivity contribution is 0.101. The highest BCUT2D eigenvalue weighted by atomic mass is 16.2. The molecule has 0 aromatic carbocycles. The minimum atomic E-state index is -0.545. The third kappa shape index (κ3) is 2.81. The Labute approximate surface area is 99.0 Å². The van der Waals surface area contributed by atoms with E-state index in [1.54, 1.807) is 0 Å². The molecule has 5 heteroatoms. The van der Waals surface area contributed by atoms with Gasteiger partial charge in [-0.05, 0) is 20.8 Å². The highest BCUT2D eigenvalue weighted by Crippen LogP contribution is 1.94. The topological polar surface area (TPSA) is 61.1 Å². The quantitative estimate of drug-likeness (QED) is 0.573. The second kappa shape index (κ2) is 4.95. The van der Waals surface area contributed by atoms with E-state index in [1.807, 2.05) is 19.9 Å². The van der Waals surface area contributed by atoms with Crippen LogP contribution in [0.15, 0.2) is 27.4 Å². The molecule has 0 amide bonds. The molecule has 0 saturated carbocycles. The molecule has 1 heterocycles. The molecule has 92 valence electrons. The fourth-order valence-electron chi connectivity index (χ4n) is 1.38. The normalized spacial score (nSPS) is 10.1. The maximum atomic E-state index is 11.8. The van der Waals surface area contributed by atoms with Gasteiger partial charge in [-0.1, -0.05) is 11.6 Å². The molecular weight excluding hydrogens is 220 g/mol. The first-order valence-corrected chi connectivity index (χ1v) is 5.29. The number of carbonyl (C=O) groups is 1. The number of aromatic nitrogens is 2. The summed E-state index contributed by atoms with van der Waals surface area (Å²) in [6.45, 7) is 5.50. The fraction of sp³-hybridized carbons (Fsp3) is 0.417. The summed E-state index contributed by atoms with van der Waals surface area (Å²) in [5.74, 6) is -0.337. The van der Waals surface area contributed by atoms with Crippen LogP contribution < -0.4 is 11.2 Å². The van der Waals surface area contributed by atoms with E-state index in [4.69, 9.17) is 0 Å². The second-order valence-electron chi connectivity index (χ2n) is 4.18. The second-order valence-corrected chi connectivity index (χ2v) is 4.18. The standard InChI is InChI=1S/C12H16N2O3/c1-8(2)5-6-14-7-10(9(3)15)11(16)13(4)12(14)17/h5,7H,6H2,1-4H3. The minimum Gasteiger partial charge on any atom is -0.296 e. The SMILES string of the molecule is CC(=O)c1cn(CC=C(C)C)c(=O)n(C)c1=O. The number of allylic oxidation sites excluding steroid dienone is 2. The number of hydrogen-bond donors (Lipinski definition) is 0. The van der Waals surface area contributed by atoms with Gasteiger partial charge in [0, 0.05) is 19.8 Å². The van der Waals surface area contributed by atoms with E-state index in [0.717, 1.165) is 10.1 Å². The van der Waals surface area contributed by atoms with Crippen molar-refractivity contribution in [3.63, 3.8) is 0 Å². The first kappa shape index (κ1) is 13.2. The van der Waals surface area contributed by atoms with Crippen LogP contribution in [0.3, 0.4) is 0 Å². The number of ketones is 1. The number of nitrogens with zero attached hydrogens (tertiary/aromatic N) is 2. The van der Waals surface area contributed by atoms with Gasteiger partial charge < -0.3 is 0 Å². The molecule has 5 nitrogen and oxygen atoms in total. The fourth-order valence-corrected chi connectivity index (χ4v) is 1.38. The van der Waals surface area contributed by atoms with Gasteiger partial charge >= 0.3 is 5.69 Å². The Balaban J connectivity index is 3.43. The molecule has 0 aliphatic rings. The molecule has 1 aromatic rings. The summed E-state index contributed by atoms with van der Waals surface area (Å²) in [5, 5.41) is 0. The van der Waals surface area contributed by atoms with E-state index in [2.05, 4.69) is 0 Å². The van der Waals surface area contributed by atoms with E-state index in [9.17, 15) is 14.4 Å². The highest BCUT2D eigenvalue weighted by molar-refractivity contribution is 5.93. The van der Waals surface area contributed by atoms with Crippen LogP contribution >= 0.6 is 0 Å². The van der Waals surface area contributed by atoms with Gasteiger partial charge in [-0.2, -0.15) is 0 Å². The van der Waals surface area contributed by atoms with Crippen molar-refractivity contribution in [3.05, 3.63) is 44.2 Å². The molecule has 0 saturated heterocycles. The average molecular weight is 236 g/mol. The minimum absolute atomic E-state index is 0.0363. The molecule has 0 fully saturated rings. The number of Topliss-reactive ketones (excluding diaryl/α,β-unsaturated/α-hetero) is 1. The summed E-state index contributed by atoms with van der Waals surface area (Å²) >= 11 is 0. The predicted octanol–water partition coefficient (Wildman–Crippen LogP) is 0.716. The van der Waals surface area contributed by atoms with Crippen LogP contribution in [0.1, 0.15) is 31.1 Å². The lowest BCUT2D eigenvalue weighted by atomic mass is 10.2. The van der Waals surface area contributed by atoms with Crippen LogP contribution in [0.25, 0.3) is 0 Å². The smallest absolute Gasteiger partial charge is 0.296 e. The summed E-state index contributed by atoms with van der Waals surface area (Å²) in [6.07, 6.45) is 3.18. The van der Waals surface area contributed by atoms with Crippen LogP contribution in [0.5, 0.6) is 0 Å². The van der Waals surface area contributed by atoms with E-state index >= 15 is 0 Å². The molecule has 1 aromatic heterocycles. The van der Waals surface area contributed by atoms with Crippen LogP contribution in [-0.2, 0) is 13.6 Å². The summed E-state index contributed by atoms with van der Waals surface area (Å²) in [6, 6.07) is 0. The molecule has 1 rings (SSSR count). The first-order chi connectivity index (χ1) is 7.84. The monoisotopic (exact) mass is 236 g/mol. The van der Waals surface area contributed by atoms with Gasteiger partial charge in [-0.3, -0.25) is 18.7 Å². The molecular formula is C12H16N2O3. The highest BCUT2D eigenvalue weighted by Gasteiger charge is 2.11. The number of rotatable bonds is 3. The molecule has 0 spiro atoms. The molecule has 0 N–H and O–H groups in total. The molecule has 17 heavy (non-hydrogen) atoms. The lowest BCUT2D eigenvalue weighted by Crippen LogP contribution is -2.40.